The van der Waals surface area contributed by atoms with Crippen molar-refractivity contribution < 1.29 is 14.7 Å². The molecule has 1 amide bonds. The van der Waals surface area contributed by atoms with Gasteiger partial charge in [0.05, 0.1) is 16.4 Å². The smallest absolute Gasteiger partial charge is 0.335 e. The Hall–Kier alpha value is -2.85. The lowest BCUT2D eigenvalue weighted by Gasteiger charge is -2.13. The summed E-state index contributed by atoms with van der Waals surface area (Å²) < 4.78 is 0. The number of benzene rings is 1. The zero-order valence-corrected chi connectivity index (χ0v) is 15.0. The number of fused-ring (bicyclic) bond motifs is 1. The third-order valence-electron chi connectivity index (χ3n) is 4.17. The van der Waals surface area contributed by atoms with Gasteiger partial charge in [-0.05, 0) is 56.0 Å². The molecular formula is C19H17N3O3S. The van der Waals surface area contributed by atoms with E-state index in [4.69, 9.17) is 5.11 Å². The number of amides is 1. The van der Waals surface area contributed by atoms with E-state index in [-0.39, 0.29) is 11.5 Å². The van der Waals surface area contributed by atoms with Gasteiger partial charge in [-0.3, -0.25) is 4.79 Å². The zero-order chi connectivity index (χ0) is 18.7. The SMILES string of the molecule is CC(Sc1nc2c(cc1C#N)CCC2)C(=O)Nc1cccc(C(=O)O)c1. The molecule has 1 unspecified atom stereocenters. The molecule has 1 aliphatic rings. The van der Waals surface area contributed by atoms with Crippen molar-refractivity contribution in [1.29, 1.82) is 5.26 Å². The second-order valence-electron chi connectivity index (χ2n) is 6.05. The standard InChI is InChI=1S/C19H17N3O3S/c1-11(17(23)21-15-6-2-5-13(9-15)19(24)25)26-18-14(10-20)8-12-4-3-7-16(12)22-18/h2,5-6,8-9,11H,3-4,7H2,1H3,(H,21,23)(H,24,25). The number of nitrogens with one attached hydrogen (secondary N) is 1. The van der Waals surface area contributed by atoms with Crippen LogP contribution in [-0.2, 0) is 17.6 Å². The van der Waals surface area contributed by atoms with Crippen LogP contribution in [-0.4, -0.2) is 27.2 Å². The second-order valence-corrected chi connectivity index (χ2v) is 7.38. The molecule has 0 spiro atoms. The number of thioether (sulfide) groups is 1. The van der Waals surface area contributed by atoms with Gasteiger partial charge in [0.25, 0.3) is 0 Å². The van der Waals surface area contributed by atoms with Crippen LogP contribution < -0.4 is 5.32 Å². The Morgan fingerprint density at radius 1 is 1.35 bits per heavy atom. The molecule has 3 rings (SSSR count). The fourth-order valence-corrected chi connectivity index (χ4v) is 3.71. The Bertz CT molecular complexity index is 921. The fourth-order valence-electron chi connectivity index (χ4n) is 2.82. The first-order valence-electron chi connectivity index (χ1n) is 8.21. The van der Waals surface area contributed by atoms with Gasteiger partial charge in [-0.15, -0.1) is 0 Å². The van der Waals surface area contributed by atoms with Crippen LogP contribution in [0.3, 0.4) is 0 Å². The van der Waals surface area contributed by atoms with Crippen molar-refractivity contribution in [3.63, 3.8) is 0 Å². The van der Waals surface area contributed by atoms with E-state index in [1.807, 2.05) is 6.07 Å². The molecule has 0 saturated heterocycles. The first-order chi connectivity index (χ1) is 12.5. The highest BCUT2D eigenvalue weighted by Gasteiger charge is 2.21. The number of pyridine rings is 1. The number of hydrogen-bond donors (Lipinski definition) is 2. The zero-order valence-electron chi connectivity index (χ0n) is 14.2. The molecule has 0 radical (unpaired) electrons. The molecule has 2 aromatic rings. The molecule has 132 valence electrons. The number of carbonyl (C=O) groups is 2. The van der Waals surface area contributed by atoms with Gasteiger partial charge in [-0.1, -0.05) is 17.8 Å². The summed E-state index contributed by atoms with van der Waals surface area (Å²) >= 11 is 1.24. The topological polar surface area (TPSA) is 103 Å². The van der Waals surface area contributed by atoms with Gasteiger partial charge in [-0.25, -0.2) is 9.78 Å². The lowest BCUT2D eigenvalue weighted by atomic mass is 10.2. The van der Waals surface area contributed by atoms with Crippen LogP contribution in [0.4, 0.5) is 5.69 Å². The predicted octanol–water partition coefficient (Wildman–Crippen LogP) is 3.26. The molecule has 0 fully saturated rings. The summed E-state index contributed by atoms with van der Waals surface area (Å²) in [6.45, 7) is 1.73. The molecule has 0 bridgehead atoms. The van der Waals surface area contributed by atoms with Crippen LogP contribution in [0.15, 0.2) is 35.4 Å². The maximum absolute atomic E-state index is 12.4. The minimum atomic E-state index is -1.05. The summed E-state index contributed by atoms with van der Waals surface area (Å²) in [5.74, 6) is -1.33. The maximum Gasteiger partial charge on any atom is 0.335 e. The van der Waals surface area contributed by atoms with Crippen LogP contribution in [0.2, 0.25) is 0 Å². The van der Waals surface area contributed by atoms with Gasteiger partial charge in [0.15, 0.2) is 0 Å². The van der Waals surface area contributed by atoms with Gasteiger partial charge >= 0.3 is 5.97 Å². The van der Waals surface area contributed by atoms with Crippen molar-refractivity contribution in [2.24, 2.45) is 0 Å². The molecule has 1 heterocycles. The number of nitrogens with zero attached hydrogens (tertiary/aromatic N) is 2. The highest BCUT2D eigenvalue weighted by atomic mass is 32.2. The Kier molecular flexibility index (Phi) is 5.24. The largest absolute Gasteiger partial charge is 0.478 e. The van der Waals surface area contributed by atoms with Gasteiger partial charge in [0.2, 0.25) is 5.91 Å². The van der Waals surface area contributed by atoms with Gasteiger partial charge in [0, 0.05) is 11.4 Å². The molecule has 7 heteroatoms. The van der Waals surface area contributed by atoms with Crippen LogP contribution in [0.5, 0.6) is 0 Å². The van der Waals surface area contributed by atoms with Gasteiger partial charge in [0.1, 0.15) is 11.1 Å². The lowest BCUT2D eigenvalue weighted by Crippen LogP contribution is -2.23. The van der Waals surface area contributed by atoms with E-state index in [2.05, 4.69) is 16.4 Å². The number of carbonyl (C=O) groups excluding carboxylic acids is 1. The third kappa shape index (κ3) is 3.86. The highest BCUT2D eigenvalue weighted by Crippen LogP contribution is 2.30. The molecule has 0 saturated carbocycles. The molecule has 26 heavy (non-hydrogen) atoms. The highest BCUT2D eigenvalue weighted by molar-refractivity contribution is 8.00. The summed E-state index contributed by atoms with van der Waals surface area (Å²) in [4.78, 5) is 28.0. The van der Waals surface area contributed by atoms with E-state index in [0.717, 1.165) is 30.5 Å². The minimum absolute atomic E-state index is 0.107. The fraction of sp³-hybridized carbons (Fsp3) is 0.263. The van der Waals surface area contributed by atoms with E-state index in [9.17, 15) is 14.9 Å². The van der Waals surface area contributed by atoms with Crippen LogP contribution in [0.25, 0.3) is 0 Å². The summed E-state index contributed by atoms with van der Waals surface area (Å²) in [5.41, 5.74) is 3.14. The van der Waals surface area contributed by atoms with Gasteiger partial charge < -0.3 is 10.4 Å². The van der Waals surface area contributed by atoms with Crippen molar-refractivity contribution in [2.45, 2.75) is 36.5 Å². The second kappa shape index (κ2) is 7.58. The minimum Gasteiger partial charge on any atom is -0.478 e. The number of rotatable bonds is 5. The number of aromatic carboxylic acids is 1. The summed E-state index contributed by atoms with van der Waals surface area (Å²) in [6.07, 6.45) is 2.88. The number of aromatic nitrogens is 1. The molecule has 2 N–H and O–H groups in total. The van der Waals surface area contributed by atoms with Crippen molar-refractivity contribution in [3.8, 4) is 6.07 Å². The Labute approximate surface area is 155 Å². The molecule has 1 aliphatic carbocycles. The van der Waals surface area contributed by atoms with Gasteiger partial charge in [-0.2, -0.15) is 5.26 Å². The number of anilines is 1. The maximum atomic E-state index is 12.4. The first kappa shape index (κ1) is 18.0. The van der Waals surface area contributed by atoms with E-state index in [1.165, 1.54) is 23.9 Å². The molecule has 6 nitrogen and oxygen atoms in total. The Morgan fingerprint density at radius 2 is 2.15 bits per heavy atom. The average Bonchev–Trinajstić information content (AvgIpc) is 3.08. The Morgan fingerprint density at radius 3 is 2.88 bits per heavy atom. The lowest BCUT2D eigenvalue weighted by molar-refractivity contribution is -0.115. The first-order valence-corrected chi connectivity index (χ1v) is 9.09. The molecule has 1 atom stereocenters. The molecule has 1 aromatic carbocycles. The number of aryl methyl sites for hydroxylation is 2. The van der Waals surface area contributed by atoms with Crippen molar-refractivity contribution in [2.75, 3.05) is 5.32 Å². The monoisotopic (exact) mass is 367 g/mol. The number of nitriles is 1. The van der Waals surface area contributed by atoms with Crippen LogP contribution >= 0.6 is 11.8 Å². The summed E-state index contributed by atoms with van der Waals surface area (Å²) in [7, 11) is 0. The number of hydrogen-bond acceptors (Lipinski definition) is 5. The van der Waals surface area contributed by atoms with E-state index < -0.39 is 11.2 Å². The number of carboxylic acid groups (broad SMARTS) is 1. The molecular weight excluding hydrogens is 350 g/mol. The molecule has 1 aromatic heterocycles. The van der Waals surface area contributed by atoms with Crippen molar-refractivity contribution in [1.82, 2.24) is 4.98 Å². The average molecular weight is 367 g/mol. The van der Waals surface area contributed by atoms with Crippen LogP contribution in [0, 0.1) is 11.3 Å². The Balaban J connectivity index is 1.73. The van der Waals surface area contributed by atoms with E-state index >= 15 is 0 Å². The third-order valence-corrected chi connectivity index (χ3v) is 5.27. The normalized spacial score (nSPS) is 13.5. The summed E-state index contributed by atoms with van der Waals surface area (Å²) in [5, 5.41) is 21.2. The number of carboxylic acids is 1. The molecule has 0 aliphatic heterocycles. The summed E-state index contributed by atoms with van der Waals surface area (Å²) in [6, 6.07) is 10.1. The van der Waals surface area contributed by atoms with Crippen LogP contribution in [0.1, 0.15) is 40.5 Å². The quantitative estimate of drug-likeness (QED) is 0.786. The van der Waals surface area contributed by atoms with E-state index in [1.54, 1.807) is 19.1 Å². The van der Waals surface area contributed by atoms with Crippen molar-refractivity contribution in [3.05, 3.63) is 52.7 Å². The predicted molar refractivity (Wildman–Crippen MR) is 98.3 cm³/mol. The van der Waals surface area contributed by atoms with Crippen molar-refractivity contribution >= 4 is 29.3 Å². The van der Waals surface area contributed by atoms with E-state index in [0.29, 0.717) is 16.3 Å².